The number of hydrogen-bond donors (Lipinski definition) is 1. The van der Waals surface area contributed by atoms with Crippen molar-refractivity contribution in [3.8, 4) is 5.75 Å². The molecule has 6 heteroatoms. The predicted octanol–water partition coefficient (Wildman–Crippen LogP) is 5.54. The van der Waals surface area contributed by atoms with E-state index in [-0.39, 0.29) is 12.4 Å². The molecule has 1 N–H and O–H groups in total. The van der Waals surface area contributed by atoms with Crippen LogP contribution < -0.4 is 10.1 Å². The number of halogens is 2. The quantitative estimate of drug-likeness (QED) is 0.495. The van der Waals surface area contributed by atoms with Crippen molar-refractivity contribution in [2.24, 2.45) is 0 Å². The molecule has 0 aliphatic carbocycles. The predicted molar refractivity (Wildman–Crippen MR) is 101 cm³/mol. The van der Waals surface area contributed by atoms with Crippen molar-refractivity contribution in [3.63, 3.8) is 0 Å². The van der Waals surface area contributed by atoms with E-state index in [0.29, 0.717) is 11.5 Å². The van der Waals surface area contributed by atoms with Gasteiger partial charge >= 0.3 is 0 Å². The molecule has 1 aromatic heterocycles. The van der Waals surface area contributed by atoms with Crippen LogP contribution in [0.15, 0.2) is 77.2 Å². The van der Waals surface area contributed by atoms with Crippen molar-refractivity contribution in [3.05, 3.63) is 96.0 Å². The minimum absolute atomic E-state index is 0.0697. The van der Waals surface area contributed by atoms with Crippen molar-refractivity contribution in [1.82, 2.24) is 0 Å². The summed E-state index contributed by atoms with van der Waals surface area (Å²) in [5.74, 6) is -1.47. The summed E-state index contributed by atoms with van der Waals surface area (Å²) < 4.78 is 38.4. The molecule has 0 unspecified atom stereocenters. The normalized spacial score (nSPS) is 10.8. The Kier molecular flexibility index (Phi) is 4.76. The second-order valence-corrected chi connectivity index (χ2v) is 6.11. The number of para-hydroxylation sites is 1. The Balaban J connectivity index is 1.43. The molecule has 0 bridgehead atoms. The smallest absolute Gasteiger partial charge is 0.291 e. The fraction of sp³-hybridized carbons (Fsp3) is 0.0455. The van der Waals surface area contributed by atoms with Gasteiger partial charge in [-0.15, -0.1) is 0 Å². The standard InChI is InChI=1S/C22H15F2NO3/c23-18-6-3-7-19(24)21(18)25-22(26)20-11-10-17(28-20)13-27-16-9-8-14-4-1-2-5-15(14)12-16/h1-12H,13H2,(H,25,26). The van der Waals surface area contributed by atoms with Gasteiger partial charge in [-0.05, 0) is 47.2 Å². The topological polar surface area (TPSA) is 51.5 Å². The molecule has 4 rings (SSSR count). The van der Waals surface area contributed by atoms with E-state index in [4.69, 9.17) is 9.15 Å². The van der Waals surface area contributed by atoms with E-state index in [9.17, 15) is 13.6 Å². The van der Waals surface area contributed by atoms with Crippen LogP contribution in [0.3, 0.4) is 0 Å². The summed E-state index contributed by atoms with van der Waals surface area (Å²) in [6.45, 7) is 0.111. The largest absolute Gasteiger partial charge is 0.486 e. The summed E-state index contributed by atoms with van der Waals surface area (Å²) in [6, 6.07) is 20.0. The third kappa shape index (κ3) is 3.71. The fourth-order valence-corrected chi connectivity index (χ4v) is 2.78. The van der Waals surface area contributed by atoms with Gasteiger partial charge in [-0.25, -0.2) is 8.78 Å². The zero-order valence-corrected chi connectivity index (χ0v) is 14.6. The van der Waals surface area contributed by atoms with Crippen LogP contribution in [0, 0.1) is 11.6 Å². The molecule has 4 nitrogen and oxygen atoms in total. The van der Waals surface area contributed by atoms with Crippen LogP contribution in [0.25, 0.3) is 10.8 Å². The van der Waals surface area contributed by atoms with Crippen molar-refractivity contribution in [2.75, 3.05) is 5.32 Å². The maximum Gasteiger partial charge on any atom is 0.291 e. The lowest BCUT2D eigenvalue weighted by atomic mass is 10.1. The van der Waals surface area contributed by atoms with Gasteiger partial charge in [0.15, 0.2) is 5.76 Å². The minimum atomic E-state index is -0.861. The molecule has 0 aliphatic heterocycles. The van der Waals surface area contributed by atoms with Gasteiger partial charge in [0.05, 0.1) is 0 Å². The highest BCUT2D eigenvalue weighted by Gasteiger charge is 2.16. The maximum atomic E-state index is 13.6. The number of nitrogens with one attached hydrogen (secondary N) is 1. The summed E-state index contributed by atoms with van der Waals surface area (Å²) in [5.41, 5.74) is -0.516. The third-order valence-electron chi connectivity index (χ3n) is 4.19. The van der Waals surface area contributed by atoms with Crippen LogP contribution in [0.5, 0.6) is 5.75 Å². The number of rotatable bonds is 5. The number of benzene rings is 3. The van der Waals surface area contributed by atoms with Crippen LogP contribution in [0.1, 0.15) is 16.3 Å². The number of ether oxygens (including phenoxy) is 1. The van der Waals surface area contributed by atoms with E-state index in [1.54, 1.807) is 6.07 Å². The molecule has 0 radical (unpaired) electrons. The number of anilines is 1. The Labute approximate surface area is 159 Å². The number of hydrogen-bond acceptors (Lipinski definition) is 3. The molecule has 0 fully saturated rings. The lowest BCUT2D eigenvalue weighted by Gasteiger charge is -2.06. The summed E-state index contributed by atoms with van der Waals surface area (Å²) >= 11 is 0. The summed E-state index contributed by atoms with van der Waals surface area (Å²) in [4.78, 5) is 12.2. The van der Waals surface area contributed by atoms with E-state index in [0.717, 1.165) is 22.9 Å². The van der Waals surface area contributed by atoms with Crippen LogP contribution in [-0.4, -0.2) is 5.91 Å². The van der Waals surface area contributed by atoms with Crippen LogP contribution in [0.4, 0.5) is 14.5 Å². The molecule has 4 aromatic rings. The molecule has 140 valence electrons. The molecule has 0 spiro atoms. The first-order valence-corrected chi connectivity index (χ1v) is 8.56. The van der Waals surface area contributed by atoms with E-state index in [1.807, 2.05) is 42.5 Å². The molecule has 0 saturated heterocycles. The van der Waals surface area contributed by atoms with Gasteiger partial charge in [-0.3, -0.25) is 4.79 Å². The molecule has 28 heavy (non-hydrogen) atoms. The zero-order chi connectivity index (χ0) is 19.5. The van der Waals surface area contributed by atoms with E-state index >= 15 is 0 Å². The molecular formula is C22H15F2NO3. The fourth-order valence-electron chi connectivity index (χ4n) is 2.78. The zero-order valence-electron chi connectivity index (χ0n) is 14.6. The van der Waals surface area contributed by atoms with Crippen molar-refractivity contribution < 1.29 is 22.7 Å². The van der Waals surface area contributed by atoms with Crippen molar-refractivity contribution >= 4 is 22.4 Å². The van der Waals surface area contributed by atoms with Gasteiger partial charge in [-0.1, -0.05) is 36.4 Å². The highest BCUT2D eigenvalue weighted by molar-refractivity contribution is 6.02. The van der Waals surface area contributed by atoms with Gasteiger partial charge in [-0.2, -0.15) is 0 Å². The van der Waals surface area contributed by atoms with Crippen LogP contribution in [0.2, 0.25) is 0 Å². The highest BCUT2D eigenvalue weighted by Crippen LogP contribution is 2.23. The maximum absolute atomic E-state index is 13.6. The molecule has 1 heterocycles. The van der Waals surface area contributed by atoms with Gasteiger partial charge in [0.2, 0.25) is 0 Å². The Hall–Kier alpha value is -3.67. The minimum Gasteiger partial charge on any atom is -0.486 e. The average Bonchev–Trinajstić information content (AvgIpc) is 3.18. The number of fused-ring (bicyclic) bond motifs is 1. The Morgan fingerprint density at radius 1 is 0.893 bits per heavy atom. The number of furan rings is 1. The lowest BCUT2D eigenvalue weighted by Crippen LogP contribution is -2.13. The summed E-state index contributed by atoms with van der Waals surface area (Å²) in [5, 5.41) is 4.33. The molecule has 1 amide bonds. The highest BCUT2D eigenvalue weighted by atomic mass is 19.1. The van der Waals surface area contributed by atoms with E-state index in [2.05, 4.69) is 5.32 Å². The number of carbonyl (C=O) groups excluding carboxylic acids is 1. The van der Waals surface area contributed by atoms with E-state index < -0.39 is 23.2 Å². The van der Waals surface area contributed by atoms with E-state index in [1.165, 1.54) is 12.1 Å². The SMILES string of the molecule is O=C(Nc1c(F)cccc1F)c1ccc(COc2ccc3ccccc3c2)o1. The first-order valence-electron chi connectivity index (χ1n) is 8.56. The van der Waals surface area contributed by atoms with Crippen molar-refractivity contribution in [1.29, 1.82) is 0 Å². The Morgan fingerprint density at radius 2 is 1.64 bits per heavy atom. The number of amides is 1. The van der Waals surface area contributed by atoms with Gasteiger partial charge < -0.3 is 14.5 Å². The monoisotopic (exact) mass is 379 g/mol. The molecular weight excluding hydrogens is 364 g/mol. The molecule has 0 saturated carbocycles. The summed E-state index contributed by atoms with van der Waals surface area (Å²) in [6.07, 6.45) is 0. The second-order valence-electron chi connectivity index (χ2n) is 6.11. The first-order chi connectivity index (χ1) is 13.6. The van der Waals surface area contributed by atoms with Gasteiger partial charge in [0.1, 0.15) is 35.4 Å². The lowest BCUT2D eigenvalue weighted by molar-refractivity contribution is 0.0991. The third-order valence-corrected chi connectivity index (χ3v) is 4.19. The molecule has 3 aromatic carbocycles. The second kappa shape index (κ2) is 7.52. The molecule has 0 aliphatic rings. The first kappa shape index (κ1) is 17.7. The average molecular weight is 379 g/mol. The summed E-state index contributed by atoms with van der Waals surface area (Å²) in [7, 11) is 0. The van der Waals surface area contributed by atoms with Crippen LogP contribution >= 0.6 is 0 Å². The van der Waals surface area contributed by atoms with Crippen molar-refractivity contribution in [2.45, 2.75) is 6.61 Å². The molecule has 0 atom stereocenters. The number of carbonyl (C=O) groups is 1. The van der Waals surface area contributed by atoms with Crippen LogP contribution in [-0.2, 0) is 6.61 Å². The Bertz CT molecular complexity index is 1130. The van der Waals surface area contributed by atoms with Gasteiger partial charge in [0.25, 0.3) is 5.91 Å². The Morgan fingerprint density at radius 3 is 2.43 bits per heavy atom. The van der Waals surface area contributed by atoms with Gasteiger partial charge in [0, 0.05) is 0 Å².